The highest BCUT2D eigenvalue weighted by Gasteiger charge is 2.29. The van der Waals surface area contributed by atoms with E-state index in [2.05, 4.69) is 33.0 Å². The third kappa shape index (κ3) is 2.23. The summed E-state index contributed by atoms with van der Waals surface area (Å²) in [6.07, 6.45) is 5.69. The number of nitrogen functional groups attached to an aromatic ring is 1. The molecule has 0 spiro atoms. The summed E-state index contributed by atoms with van der Waals surface area (Å²) < 4.78 is 0. The van der Waals surface area contributed by atoms with Crippen molar-refractivity contribution in [3.8, 4) is 0 Å². The fourth-order valence-corrected chi connectivity index (χ4v) is 3.90. The van der Waals surface area contributed by atoms with Gasteiger partial charge in [-0.3, -0.25) is 9.88 Å². The highest BCUT2D eigenvalue weighted by Crippen LogP contribution is 2.34. The van der Waals surface area contributed by atoms with Crippen molar-refractivity contribution in [2.75, 3.05) is 36.8 Å². The van der Waals surface area contributed by atoms with Crippen molar-refractivity contribution < 1.29 is 0 Å². The minimum absolute atomic E-state index is 0.693. The lowest BCUT2D eigenvalue weighted by Crippen LogP contribution is -2.37. The fraction of sp³-hybridized carbons (Fsp3) is 0.471. The van der Waals surface area contributed by atoms with Crippen LogP contribution in [0.2, 0.25) is 0 Å². The molecule has 0 amide bonds. The number of benzene rings is 1. The SMILES string of the molecule is Nc1cnc2ccccc2c1N1CCCN2CCCC2C1. The molecule has 2 N–H and O–H groups in total. The topological polar surface area (TPSA) is 45.4 Å². The maximum Gasteiger partial charge on any atom is 0.0745 e. The second-order valence-corrected chi connectivity index (χ2v) is 6.21. The Bertz CT molecular complexity index is 654. The largest absolute Gasteiger partial charge is 0.396 e. The molecule has 2 fully saturated rings. The Labute approximate surface area is 125 Å². The molecule has 4 nitrogen and oxygen atoms in total. The van der Waals surface area contributed by atoms with Gasteiger partial charge in [-0.25, -0.2) is 0 Å². The third-order valence-corrected chi connectivity index (χ3v) is 4.90. The molecule has 4 heteroatoms. The van der Waals surface area contributed by atoms with Crippen LogP contribution in [-0.2, 0) is 0 Å². The van der Waals surface area contributed by atoms with E-state index in [-0.39, 0.29) is 0 Å². The predicted molar refractivity (Wildman–Crippen MR) is 87.6 cm³/mol. The predicted octanol–water partition coefficient (Wildman–Crippen LogP) is 2.49. The molecule has 110 valence electrons. The number of anilines is 2. The van der Waals surface area contributed by atoms with Gasteiger partial charge in [0.2, 0.25) is 0 Å². The van der Waals surface area contributed by atoms with Crippen LogP contribution in [0, 0.1) is 0 Å². The number of nitrogens with two attached hydrogens (primary N) is 1. The van der Waals surface area contributed by atoms with Crippen LogP contribution in [0.15, 0.2) is 30.5 Å². The van der Waals surface area contributed by atoms with Gasteiger partial charge in [0.25, 0.3) is 0 Å². The third-order valence-electron chi connectivity index (χ3n) is 4.90. The summed E-state index contributed by atoms with van der Waals surface area (Å²) in [7, 11) is 0. The lowest BCUT2D eigenvalue weighted by atomic mass is 10.1. The Morgan fingerprint density at radius 3 is 2.90 bits per heavy atom. The molecule has 0 saturated carbocycles. The van der Waals surface area contributed by atoms with Gasteiger partial charge in [-0.1, -0.05) is 18.2 Å². The van der Waals surface area contributed by atoms with Gasteiger partial charge >= 0.3 is 0 Å². The van der Waals surface area contributed by atoms with Crippen LogP contribution in [0.4, 0.5) is 11.4 Å². The van der Waals surface area contributed by atoms with Gasteiger partial charge in [0, 0.05) is 31.1 Å². The van der Waals surface area contributed by atoms with Crippen LogP contribution in [0.1, 0.15) is 19.3 Å². The molecule has 2 aliphatic rings. The number of hydrogen-bond acceptors (Lipinski definition) is 4. The maximum atomic E-state index is 6.29. The first-order valence-electron chi connectivity index (χ1n) is 7.95. The number of hydrogen-bond donors (Lipinski definition) is 1. The monoisotopic (exact) mass is 282 g/mol. The van der Waals surface area contributed by atoms with Crippen LogP contribution in [-0.4, -0.2) is 42.1 Å². The van der Waals surface area contributed by atoms with Gasteiger partial charge < -0.3 is 10.6 Å². The van der Waals surface area contributed by atoms with Gasteiger partial charge in [0.1, 0.15) is 0 Å². The fourth-order valence-electron chi connectivity index (χ4n) is 3.90. The van der Waals surface area contributed by atoms with Gasteiger partial charge in [-0.2, -0.15) is 0 Å². The molecule has 4 rings (SSSR count). The van der Waals surface area contributed by atoms with Crippen molar-refractivity contribution >= 4 is 22.3 Å². The van der Waals surface area contributed by atoms with E-state index < -0.39 is 0 Å². The minimum atomic E-state index is 0.693. The summed E-state index contributed by atoms with van der Waals surface area (Å²) in [5.74, 6) is 0. The lowest BCUT2D eigenvalue weighted by Gasteiger charge is -2.29. The first-order chi connectivity index (χ1) is 10.3. The number of fused-ring (bicyclic) bond motifs is 2. The number of pyridine rings is 1. The standard InChI is InChI=1S/C17H22N4/c18-15-11-19-16-7-2-1-6-14(16)17(15)21-10-4-9-20-8-3-5-13(20)12-21/h1-2,6-7,11,13H,3-5,8-10,12,18H2. The molecule has 1 aromatic carbocycles. The van der Waals surface area contributed by atoms with Crippen LogP contribution in [0.25, 0.3) is 10.9 Å². The lowest BCUT2D eigenvalue weighted by molar-refractivity contribution is 0.273. The van der Waals surface area contributed by atoms with E-state index in [0.717, 1.165) is 24.3 Å². The van der Waals surface area contributed by atoms with Crippen molar-refractivity contribution in [1.82, 2.24) is 9.88 Å². The van der Waals surface area contributed by atoms with Gasteiger partial charge in [0.05, 0.1) is 23.1 Å². The molecular weight excluding hydrogens is 260 g/mol. The molecule has 1 unspecified atom stereocenters. The van der Waals surface area contributed by atoms with Crippen LogP contribution in [0.3, 0.4) is 0 Å². The second kappa shape index (κ2) is 5.19. The first kappa shape index (κ1) is 12.9. The van der Waals surface area contributed by atoms with Crippen molar-refractivity contribution in [1.29, 1.82) is 0 Å². The number of aromatic nitrogens is 1. The Hall–Kier alpha value is -1.81. The molecule has 0 aliphatic carbocycles. The van der Waals surface area contributed by atoms with Crippen molar-refractivity contribution in [2.24, 2.45) is 0 Å². The molecule has 3 heterocycles. The molecule has 1 atom stereocenters. The Morgan fingerprint density at radius 1 is 1.10 bits per heavy atom. The Kier molecular flexibility index (Phi) is 3.19. The quantitative estimate of drug-likeness (QED) is 0.873. The first-order valence-corrected chi connectivity index (χ1v) is 7.95. The van der Waals surface area contributed by atoms with Crippen molar-refractivity contribution in [2.45, 2.75) is 25.3 Å². The molecule has 2 aromatic rings. The van der Waals surface area contributed by atoms with E-state index in [0.29, 0.717) is 6.04 Å². The summed E-state index contributed by atoms with van der Waals surface area (Å²) in [4.78, 5) is 9.61. The summed E-state index contributed by atoms with van der Waals surface area (Å²) in [5, 5.41) is 1.18. The molecule has 21 heavy (non-hydrogen) atoms. The molecular formula is C17H22N4. The Morgan fingerprint density at radius 2 is 1.95 bits per heavy atom. The van der Waals surface area contributed by atoms with E-state index in [9.17, 15) is 0 Å². The average Bonchev–Trinajstić information content (AvgIpc) is 2.85. The van der Waals surface area contributed by atoms with Crippen LogP contribution >= 0.6 is 0 Å². The summed E-state index contributed by atoms with van der Waals surface area (Å²) in [6.45, 7) is 4.68. The Balaban J connectivity index is 1.76. The zero-order valence-electron chi connectivity index (χ0n) is 12.3. The molecule has 0 bridgehead atoms. The smallest absolute Gasteiger partial charge is 0.0745 e. The van der Waals surface area contributed by atoms with E-state index in [1.807, 2.05) is 12.3 Å². The van der Waals surface area contributed by atoms with Gasteiger partial charge in [-0.15, -0.1) is 0 Å². The number of nitrogens with zero attached hydrogens (tertiary/aromatic N) is 3. The normalized spacial score (nSPS) is 23.2. The summed E-state index contributed by atoms with van der Waals surface area (Å²) in [5.41, 5.74) is 9.32. The van der Waals surface area contributed by atoms with E-state index in [1.165, 1.54) is 43.4 Å². The van der Waals surface area contributed by atoms with Crippen LogP contribution in [0.5, 0.6) is 0 Å². The van der Waals surface area contributed by atoms with E-state index >= 15 is 0 Å². The zero-order valence-corrected chi connectivity index (χ0v) is 12.3. The van der Waals surface area contributed by atoms with Gasteiger partial charge in [0.15, 0.2) is 0 Å². The molecule has 2 aliphatic heterocycles. The minimum Gasteiger partial charge on any atom is -0.396 e. The maximum absolute atomic E-state index is 6.29. The molecule has 1 aromatic heterocycles. The average molecular weight is 282 g/mol. The van der Waals surface area contributed by atoms with E-state index in [4.69, 9.17) is 5.73 Å². The number of rotatable bonds is 1. The highest BCUT2D eigenvalue weighted by atomic mass is 15.3. The molecule has 2 saturated heterocycles. The zero-order chi connectivity index (χ0) is 14.2. The number of para-hydroxylation sites is 1. The van der Waals surface area contributed by atoms with Crippen molar-refractivity contribution in [3.63, 3.8) is 0 Å². The molecule has 0 radical (unpaired) electrons. The second-order valence-electron chi connectivity index (χ2n) is 6.21. The van der Waals surface area contributed by atoms with E-state index in [1.54, 1.807) is 0 Å². The summed E-state index contributed by atoms with van der Waals surface area (Å²) in [6, 6.07) is 9.02. The summed E-state index contributed by atoms with van der Waals surface area (Å²) >= 11 is 0. The van der Waals surface area contributed by atoms with Crippen molar-refractivity contribution in [3.05, 3.63) is 30.5 Å². The van der Waals surface area contributed by atoms with Crippen LogP contribution < -0.4 is 10.6 Å². The highest BCUT2D eigenvalue weighted by molar-refractivity contribution is 5.97. The van der Waals surface area contributed by atoms with Gasteiger partial charge in [-0.05, 0) is 31.9 Å².